The van der Waals surface area contributed by atoms with Gasteiger partial charge in [0, 0.05) is 43.2 Å². The number of hydrogen-bond acceptors (Lipinski definition) is 8. The van der Waals surface area contributed by atoms with Crippen LogP contribution in [0, 0.1) is 18.2 Å². The summed E-state index contributed by atoms with van der Waals surface area (Å²) in [5.74, 6) is -0.634. The zero-order valence-electron chi connectivity index (χ0n) is 21.8. The molecule has 5 rings (SSSR count). The lowest BCUT2D eigenvalue weighted by Crippen LogP contribution is -2.43. The number of thiazole rings is 1. The Morgan fingerprint density at radius 3 is 2.41 bits per heavy atom. The second-order valence-corrected chi connectivity index (χ2v) is 10.9. The topological polar surface area (TPSA) is 138 Å². The molecule has 1 aliphatic heterocycles. The van der Waals surface area contributed by atoms with Gasteiger partial charge >= 0.3 is 12.0 Å². The maximum Gasteiger partial charge on any atom is 0.321 e. The lowest BCUT2D eigenvalue weighted by Gasteiger charge is -2.36. The number of benzene rings is 1. The first-order valence-electron chi connectivity index (χ1n) is 12.5. The quantitative estimate of drug-likeness (QED) is 0.348. The molecule has 1 aliphatic rings. The first-order chi connectivity index (χ1) is 18.6. The van der Waals surface area contributed by atoms with E-state index in [4.69, 9.17) is 5.73 Å². The number of urea groups is 1. The van der Waals surface area contributed by atoms with E-state index in [-0.39, 0.29) is 0 Å². The summed E-state index contributed by atoms with van der Waals surface area (Å²) < 4.78 is 14.8. The van der Waals surface area contributed by atoms with Gasteiger partial charge in [-0.3, -0.25) is 14.7 Å². The van der Waals surface area contributed by atoms with Crippen LogP contribution < -0.4 is 15.5 Å². The van der Waals surface area contributed by atoms with Gasteiger partial charge in [0.2, 0.25) is 5.95 Å². The second kappa shape index (κ2) is 10.2. The average Bonchev–Trinajstić information content (AvgIpc) is 3.34. The van der Waals surface area contributed by atoms with E-state index in [1.54, 1.807) is 32.3 Å². The van der Waals surface area contributed by atoms with Crippen molar-refractivity contribution in [2.75, 3.05) is 29.4 Å². The predicted octanol–water partition coefficient (Wildman–Crippen LogP) is 4.86. The molecule has 4 aromatic rings. The summed E-state index contributed by atoms with van der Waals surface area (Å²) in [6.07, 6.45) is 5.67. The number of nitrogens with zero attached hydrogens (tertiary/aromatic N) is 6. The number of aliphatic carboxylic acids is 1. The van der Waals surface area contributed by atoms with E-state index >= 15 is 0 Å². The number of primary amides is 1. The Bertz CT molecular complexity index is 1570. The average molecular weight is 550 g/mol. The normalized spacial score (nSPS) is 14.9. The summed E-state index contributed by atoms with van der Waals surface area (Å²) in [5.41, 5.74) is 8.77. The molecule has 0 spiro atoms. The third-order valence-electron chi connectivity index (χ3n) is 7.25. The first kappa shape index (κ1) is 26.4. The van der Waals surface area contributed by atoms with Crippen molar-refractivity contribution in [3.8, 4) is 22.4 Å². The maximum atomic E-state index is 14.0. The molecule has 1 aromatic carbocycles. The van der Waals surface area contributed by atoms with Gasteiger partial charge in [-0.2, -0.15) is 0 Å². The molecular formula is C27H28FN7O3S. The molecule has 3 aromatic heterocycles. The number of anilines is 2. The van der Waals surface area contributed by atoms with Crippen molar-refractivity contribution in [2.45, 2.75) is 33.6 Å². The van der Waals surface area contributed by atoms with Crippen molar-refractivity contribution in [1.29, 1.82) is 0 Å². The van der Waals surface area contributed by atoms with Crippen LogP contribution in [0.5, 0.6) is 0 Å². The molecule has 1 saturated heterocycles. The maximum absolute atomic E-state index is 14.0. The van der Waals surface area contributed by atoms with Crippen LogP contribution in [0.15, 0.2) is 36.8 Å². The van der Waals surface area contributed by atoms with Gasteiger partial charge in [-0.1, -0.05) is 11.3 Å². The van der Waals surface area contributed by atoms with E-state index in [0.717, 1.165) is 21.4 Å². The van der Waals surface area contributed by atoms with E-state index in [0.29, 0.717) is 60.3 Å². The second-order valence-electron chi connectivity index (χ2n) is 9.89. The minimum Gasteiger partial charge on any atom is -0.481 e. The SMILES string of the molecule is CCN(C(N)=O)c1nc2cc(-c3cnc(N4CCC(C)(C(=O)O)CC4)nc3)cc(-c3cc(C)c(F)cn3)c2s1. The fourth-order valence-electron chi connectivity index (χ4n) is 4.61. The highest BCUT2D eigenvalue weighted by Crippen LogP contribution is 2.39. The summed E-state index contributed by atoms with van der Waals surface area (Å²) in [6, 6.07) is 4.91. The molecule has 2 amide bonds. The number of nitrogens with two attached hydrogens (primary N) is 1. The Labute approximate surface area is 228 Å². The van der Waals surface area contributed by atoms with Crippen molar-refractivity contribution in [1.82, 2.24) is 19.9 Å². The number of piperidine rings is 1. The van der Waals surface area contributed by atoms with Gasteiger partial charge in [-0.15, -0.1) is 0 Å². The van der Waals surface area contributed by atoms with Crippen molar-refractivity contribution in [3.05, 3.63) is 48.2 Å². The van der Waals surface area contributed by atoms with Gasteiger partial charge < -0.3 is 15.7 Å². The number of carbonyl (C=O) groups excluding carboxylic acids is 1. The van der Waals surface area contributed by atoms with E-state index in [1.807, 2.05) is 24.0 Å². The van der Waals surface area contributed by atoms with Crippen molar-refractivity contribution < 1.29 is 19.1 Å². The van der Waals surface area contributed by atoms with Crippen molar-refractivity contribution in [3.63, 3.8) is 0 Å². The highest BCUT2D eigenvalue weighted by Gasteiger charge is 2.37. The smallest absolute Gasteiger partial charge is 0.321 e. The van der Waals surface area contributed by atoms with E-state index in [2.05, 4.69) is 19.9 Å². The summed E-state index contributed by atoms with van der Waals surface area (Å²) in [4.78, 5) is 45.1. The fourth-order valence-corrected chi connectivity index (χ4v) is 5.75. The van der Waals surface area contributed by atoms with Crippen LogP contribution in [0.4, 0.5) is 20.3 Å². The number of rotatable bonds is 6. The van der Waals surface area contributed by atoms with E-state index in [9.17, 15) is 19.1 Å². The van der Waals surface area contributed by atoms with Gasteiger partial charge in [0.15, 0.2) is 5.13 Å². The summed E-state index contributed by atoms with van der Waals surface area (Å²) in [6.45, 7) is 6.75. The van der Waals surface area contributed by atoms with Crippen LogP contribution in [0.1, 0.15) is 32.3 Å². The Balaban J connectivity index is 1.53. The van der Waals surface area contributed by atoms with Crippen LogP contribution in [-0.2, 0) is 4.79 Å². The number of amides is 2. The molecule has 10 nitrogen and oxygen atoms in total. The molecule has 0 bridgehead atoms. The molecule has 1 fully saturated rings. The third-order valence-corrected chi connectivity index (χ3v) is 8.38. The lowest BCUT2D eigenvalue weighted by molar-refractivity contribution is -0.149. The summed E-state index contributed by atoms with van der Waals surface area (Å²) in [5, 5.41) is 9.96. The van der Waals surface area contributed by atoms with Gasteiger partial charge in [0.05, 0.1) is 27.5 Å². The van der Waals surface area contributed by atoms with Crippen LogP contribution >= 0.6 is 11.3 Å². The molecule has 39 heavy (non-hydrogen) atoms. The first-order valence-corrected chi connectivity index (χ1v) is 13.4. The van der Waals surface area contributed by atoms with Crippen LogP contribution in [0.2, 0.25) is 0 Å². The Morgan fingerprint density at radius 1 is 1.13 bits per heavy atom. The molecule has 12 heteroatoms. The van der Waals surface area contributed by atoms with Gasteiger partial charge in [-0.25, -0.2) is 24.1 Å². The zero-order chi connectivity index (χ0) is 27.9. The lowest BCUT2D eigenvalue weighted by atomic mass is 9.80. The minimum atomic E-state index is -0.779. The van der Waals surface area contributed by atoms with Crippen molar-refractivity contribution >= 4 is 44.6 Å². The Morgan fingerprint density at radius 2 is 1.82 bits per heavy atom. The monoisotopic (exact) mass is 549 g/mol. The van der Waals surface area contributed by atoms with Gasteiger partial charge in [0.1, 0.15) is 5.82 Å². The number of fused-ring (bicyclic) bond motifs is 1. The van der Waals surface area contributed by atoms with E-state index < -0.39 is 23.2 Å². The zero-order valence-corrected chi connectivity index (χ0v) is 22.6. The molecule has 0 aliphatic carbocycles. The summed E-state index contributed by atoms with van der Waals surface area (Å²) in [7, 11) is 0. The number of carboxylic acid groups (broad SMARTS) is 1. The standard InChI is InChI=1S/C27H28FN7O3S/c1-4-35(24(29)38)26-33-21-11-16(10-18(22(21)39-26)20-9-15(2)19(28)14-30-20)17-12-31-25(32-13-17)34-7-5-27(3,6-8-34)23(36)37/h9-14H,4-8H2,1-3H3,(H2,29,38)(H,36,37). The molecule has 202 valence electrons. The van der Waals surface area contributed by atoms with Crippen LogP contribution in [0.3, 0.4) is 0 Å². The van der Waals surface area contributed by atoms with Gasteiger partial charge in [-0.05, 0) is 62.9 Å². The predicted molar refractivity (Wildman–Crippen MR) is 148 cm³/mol. The number of aromatic nitrogens is 4. The fraction of sp³-hybridized carbons (Fsp3) is 0.333. The van der Waals surface area contributed by atoms with Gasteiger partial charge in [0.25, 0.3) is 0 Å². The van der Waals surface area contributed by atoms with Crippen LogP contribution in [-0.4, -0.2) is 56.7 Å². The molecule has 0 atom stereocenters. The number of aryl methyl sites for hydroxylation is 1. The number of carboxylic acids is 1. The van der Waals surface area contributed by atoms with Crippen LogP contribution in [0.25, 0.3) is 32.6 Å². The largest absolute Gasteiger partial charge is 0.481 e. The van der Waals surface area contributed by atoms with E-state index in [1.165, 1.54) is 22.4 Å². The minimum absolute atomic E-state index is 0.364. The number of pyridine rings is 1. The Kier molecular flexibility index (Phi) is 6.89. The highest BCUT2D eigenvalue weighted by atomic mass is 32.1. The molecule has 0 unspecified atom stereocenters. The molecule has 3 N–H and O–H groups in total. The van der Waals surface area contributed by atoms with Crippen molar-refractivity contribution in [2.24, 2.45) is 11.1 Å². The Hall–Kier alpha value is -4.19. The third kappa shape index (κ3) is 4.99. The molecule has 4 heterocycles. The number of carbonyl (C=O) groups is 2. The molecule has 0 radical (unpaired) electrons. The number of halogens is 1. The highest BCUT2D eigenvalue weighted by molar-refractivity contribution is 7.23. The molecule has 0 saturated carbocycles. The number of hydrogen-bond donors (Lipinski definition) is 2. The molecular weight excluding hydrogens is 521 g/mol. The summed E-state index contributed by atoms with van der Waals surface area (Å²) >= 11 is 1.32.